The third-order valence-corrected chi connectivity index (χ3v) is 3.77. The van der Waals surface area contributed by atoms with Crippen LogP contribution in [0.4, 0.5) is 5.69 Å². The van der Waals surface area contributed by atoms with E-state index in [-0.39, 0.29) is 5.54 Å². The Morgan fingerprint density at radius 1 is 1.35 bits per heavy atom. The highest BCUT2D eigenvalue weighted by Gasteiger charge is 2.13. The summed E-state index contributed by atoms with van der Waals surface area (Å²) in [5.74, 6) is 0. The molecule has 1 aliphatic heterocycles. The summed E-state index contributed by atoms with van der Waals surface area (Å²) in [5.41, 5.74) is 5.77. The van der Waals surface area contributed by atoms with Crippen LogP contribution in [0.25, 0.3) is 6.08 Å². The number of rotatable bonds is 3. The van der Waals surface area contributed by atoms with Crippen LogP contribution in [0.15, 0.2) is 23.8 Å². The van der Waals surface area contributed by atoms with Gasteiger partial charge in [0.25, 0.3) is 0 Å². The molecular weight excluding hydrogens is 244 g/mol. The van der Waals surface area contributed by atoms with Crippen molar-refractivity contribution in [3.63, 3.8) is 0 Å². The lowest BCUT2D eigenvalue weighted by molar-refractivity contribution is 0.445. The maximum atomic E-state index is 3.53. The number of fused-ring (bicyclic) bond motifs is 1. The molecule has 1 aliphatic rings. The van der Waals surface area contributed by atoms with Crippen molar-refractivity contribution in [3.8, 4) is 0 Å². The van der Waals surface area contributed by atoms with Crippen molar-refractivity contribution < 1.29 is 0 Å². The zero-order valence-corrected chi connectivity index (χ0v) is 13.6. The molecule has 1 aromatic carbocycles. The number of hydrogen-bond acceptors (Lipinski definition) is 2. The van der Waals surface area contributed by atoms with Crippen LogP contribution in [0, 0.1) is 0 Å². The first-order valence-electron chi connectivity index (χ1n) is 7.61. The molecule has 0 bridgehead atoms. The van der Waals surface area contributed by atoms with Crippen LogP contribution in [0.5, 0.6) is 0 Å². The Bertz CT molecular complexity index is 495. The SMILES string of the molecule is CC(=Cc1ccc2c(c1)CCCN2C)CNC(C)(C)C. The van der Waals surface area contributed by atoms with Crippen molar-refractivity contribution in [3.05, 3.63) is 34.9 Å². The Morgan fingerprint density at radius 3 is 2.80 bits per heavy atom. The van der Waals surface area contributed by atoms with Gasteiger partial charge in [-0.25, -0.2) is 0 Å². The molecule has 0 aliphatic carbocycles. The highest BCUT2D eigenvalue weighted by Crippen LogP contribution is 2.27. The van der Waals surface area contributed by atoms with Gasteiger partial charge in [-0.05, 0) is 63.8 Å². The molecule has 0 aromatic heterocycles. The van der Waals surface area contributed by atoms with Gasteiger partial charge in [0.1, 0.15) is 0 Å². The van der Waals surface area contributed by atoms with Gasteiger partial charge in [0.2, 0.25) is 0 Å². The molecule has 0 radical (unpaired) electrons. The first-order chi connectivity index (χ1) is 9.35. The molecule has 0 fully saturated rings. The molecular formula is C18H28N2. The van der Waals surface area contributed by atoms with E-state index >= 15 is 0 Å². The van der Waals surface area contributed by atoms with Gasteiger partial charge in [0.05, 0.1) is 0 Å². The summed E-state index contributed by atoms with van der Waals surface area (Å²) >= 11 is 0. The van der Waals surface area contributed by atoms with Crippen molar-refractivity contribution in [1.82, 2.24) is 5.32 Å². The van der Waals surface area contributed by atoms with E-state index in [1.165, 1.54) is 41.8 Å². The van der Waals surface area contributed by atoms with Crippen LogP contribution < -0.4 is 10.2 Å². The summed E-state index contributed by atoms with van der Waals surface area (Å²) in [6.07, 6.45) is 4.77. The highest BCUT2D eigenvalue weighted by molar-refractivity contribution is 5.62. The number of benzene rings is 1. The molecule has 2 heteroatoms. The Hall–Kier alpha value is -1.28. The summed E-state index contributed by atoms with van der Waals surface area (Å²) < 4.78 is 0. The minimum Gasteiger partial charge on any atom is -0.374 e. The molecule has 1 N–H and O–H groups in total. The van der Waals surface area contributed by atoms with Gasteiger partial charge in [-0.15, -0.1) is 0 Å². The standard InChI is InChI=1S/C18H28N2/c1-14(13-19-18(2,3)4)11-15-8-9-17-16(12-15)7-6-10-20(17)5/h8-9,11-12,19H,6-7,10,13H2,1-5H3. The molecule has 0 saturated carbocycles. The zero-order chi connectivity index (χ0) is 14.8. The van der Waals surface area contributed by atoms with E-state index < -0.39 is 0 Å². The molecule has 2 nitrogen and oxygen atoms in total. The van der Waals surface area contributed by atoms with Crippen LogP contribution in [0.1, 0.15) is 45.2 Å². The molecule has 1 aromatic rings. The minimum atomic E-state index is 0.174. The van der Waals surface area contributed by atoms with Crippen LogP contribution in [-0.2, 0) is 6.42 Å². The van der Waals surface area contributed by atoms with E-state index in [0.717, 1.165) is 6.54 Å². The summed E-state index contributed by atoms with van der Waals surface area (Å²) in [5, 5.41) is 3.53. The van der Waals surface area contributed by atoms with Crippen molar-refractivity contribution in [2.24, 2.45) is 0 Å². The van der Waals surface area contributed by atoms with Gasteiger partial charge in [0, 0.05) is 31.4 Å². The largest absolute Gasteiger partial charge is 0.374 e. The quantitative estimate of drug-likeness (QED) is 0.899. The molecule has 0 saturated heterocycles. The summed E-state index contributed by atoms with van der Waals surface area (Å²) in [4.78, 5) is 2.36. The minimum absolute atomic E-state index is 0.174. The lowest BCUT2D eigenvalue weighted by Crippen LogP contribution is -2.36. The normalized spacial score (nSPS) is 16.2. The number of nitrogens with one attached hydrogen (secondary N) is 1. The average molecular weight is 272 g/mol. The van der Waals surface area contributed by atoms with Crippen molar-refractivity contribution >= 4 is 11.8 Å². The van der Waals surface area contributed by atoms with Crippen molar-refractivity contribution in [2.75, 3.05) is 25.0 Å². The Kier molecular flexibility index (Phi) is 4.54. The molecule has 0 atom stereocenters. The zero-order valence-electron chi connectivity index (χ0n) is 13.6. The average Bonchev–Trinajstić information content (AvgIpc) is 2.36. The number of aryl methyl sites for hydroxylation is 1. The third kappa shape index (κ3) is 4.11. The van der Waals surface area contributed by atoms with E-state index in [4.69, 9.17) is 0 Å². The second-order valence-corrected chi connectivity index (χ2v) is 7.01. The smallest absolute Gasteiger partial charge is 0.0396 e. The second kappa shape index (κ2) is 6.01. The van der Waals surface area contributed by atoms with Gasteiger partial charge < -0.3 is 10.2 Å². The Morgan fingerprint density at radius 2 is 2.10 bits per heavy atom. The predicted octanol–water partition coefficient (Wildman–Crippen LogP) is 3.86. The third-order valence-electron chi connectivity index (χ3n) is 3.77. The molecule has 110 valence electrons. The first-order valence-corrected chi connectivity index (χ1v) is 7.61. The van der Waals surface area contributed by atoms with Gasteiger partial charge in [-0.1, -0.05) is 17.7 Å². The maximum absolute atomic E-state index is 3.53. The Labute approximate surface area is 123 Å². The van der Waals surface area contributed by atoms with E-state index in [1.54, 1.807) is 0 Å². The van der Waals surface area contributed by atoms with Gasteiger partial charge in [-0.2, -0.15) is 0 Å². The van der Waals surface area contributed by atoms with Crippen LogP contribution in [0.3, 0.4) is 0 Å². The topological polar surface area (TPSA) is 15.3 Å². The van der Waals surface area contributed by atoms with Crippen LogP contribution >= 0.6 is 0 Å². The van der Waals surface area contributed by atoms with Gasteiger partial charge in [-0.3, -0.25) is 0 Å². The van der Waals surface area contributed by atoms with Crippen molar-refractivity contribution in [1.29, 1.82) is 0 Å². The molecule has 0 spiro atoms. The molecule has 20 heavy (non-hydrogen) atoms. The lowest BCUT2D eigenvalue weighted by Gasteiger charge is -2.27. The first kappa shape index (κ1) is 15.1. The number of anilines is 1. The van der Waals surface area contributed by atoms with Crippen molar-refractivity contribution in [2.45, 2.75) is 46.1 Å². The van der Waals surface area contributed by atoms with E-state index in [2.05, 4.69) is 69.2 Å². The van der Waals surface area contributed by atoms with Gasteiger partial charge >= 0.3 is 0 Å². The molecule has 1 heterocycles. The second-order valence-electron chi connectivity index (χ2n) is 7.01. The highest BCUT2D eigenvalue weighted by atomic mass is 15.1. The van der Waals surface area contributed by atoms with E-state index in [0.29, 0.717) is 0 Å². The van der Waals surface area contributed by atoms with Crippen LogP contribution in [-0.4, -0.2) is 25.7 Å². The lowest BCUT2D eigenvalue weighted by atomic mass is 9.98. The number of hydrogen-bond donors (Lipinski definition) is 1. The molecule has 2 rings (SSSR count). The van der Waals surface area contributed by atoms with Crippen LogP contribution in [0.2, 0.25) is 0 Å². The van der Waals surface area contributed by atoms with E-state index in [1.807, 2.05) is 0 Å². The summed E-state index contributed by atoms with van der Waals surface area (Å²) in [6.45, 7) is 10.9. The predicted molar refractivity (Wildman–Crippen MR) is 89.4 cm³/mol. The number of nitrogens with zero attached hydrogens (tertiary/aromatic N) is 1. The maximum Gasteiger partial charge on any atom is 0.0396 e. The summed E-state index contributed by atoms with van der Waals surface area (Å²) in [7, 11) is 2.19. The fourth-order valence-electron chi connectivity index (χ4n) is 2.64. The van der Waals surface area contributed by atoms with E-state index in [9.17, 15) is 0 Å². The van der Waals surface area contributed by atoms with Gasteiger partial charge in [0.15, 0.2) is 0 Å². The monoisotopic (exact) mass is 272 g/mol. The summed E-state index contributed by atoms with van der Waals surface area (Å²) in [6, 6.07) is 6.86. The Balaban J connectivity index is 2.10. The fourth-order valence-corrected chi connectivity index (χ4v) is 2.64. The molecule has 0 unspecified atom stereocenters. The molecule has 0 amide bonds. The fraction of sp³-hybridized carbons (Fsp3) is 0.556.